The first-order valence-electron chi connectivity index (χ1n) is 15.4. The normalized spacial score (nSPS) is 18.2. The number of methoxy groups -OCH3 is 1. The lowest BCUT2D eigenvalue weighted by molar-refractivity contribution is -0.118. The van der Waals surface area contributed by atoms with Crippen LogP contribution in [0.25, 0.3) is 11.0 Å². The summed E-state index contributed by atoms with van der Waals surface area (Å²) in [4.78, 5) is 34.1. The molecule has 9 nitrogen and oxygen atoms in total. The van der Waals surface area contributed by atoms with Gasteiger partial charge in [0.15, 0.2) is 0 Å². The average molecular weight is 608 g/mol. The molecule has 2 aromatic heterocycles. The number of carbonyl (C=O) groups is 2. The van der Waals surface area contributed by atoms with Crippen LogP contribution in [-0.4, -0.2) is 54.4 Å². The molecule has 2 amide bonds. The quantitative estimate of drug-likeness (QED) is 0.143. The summed E-state index contributed by atoms with van der Waals surface area (Å²) in [5.74, 6) is -0.631. The molecule has 1 aliphatic rings. The summed E-state index contributed by atoms with van der Waals surface area (Å²) in [7, 11) is 1.30. The molecule has 2 aromatic carbocycles. The molecule has 0 aliphatic carbocycles. The molecule has 1 fully saturated rings. The molecule has 234 valence electrons. The molecular formula is C36H41N5O4. The van der Waals surface area contributed by atoms with Gasteiger partial charge in [-0.2, -0.15) is 0 Å². The summed E-state index contributed by atoms with van der Waals surface area (Å²) in [6, 6.07) is 22.8. The lowest BCUT2D eigenvalue weighted by atomic mass is 9.87. The number of ether oxygens (including phenoxy) is 2. The van der Waals surface area contributed by atoms with Crippen LogP contribution in [0.2, 0.25) is 0 Å². The molecule has 0 bridgehead atoms. The van der Waals surface area contributed by atoms with Crippen LogP contribution in [0.15, 0.2) is 103 Å². The van der Waals surface area contributed by atoms with Gasteiger partial charge in [0.25, 0.3) is 0 Å². The van der Waals surface area contributed by atoms with E-state index in [1.54, 1.807) is 6.20 Å². The standard InChI is InChI=1S/C36H41N5O4/c1-3-4-5-9-17-29(25-13-7-6-8-14-25)33(41-36(43)44-2)35(42)40-30-18-11-10-15-26(30)19-20-28-23-38-32(24-45-28)31-22-27-16-12-21-37-34(27)39-31/h3-16,18,21-22,28-29,32-33,38H,17,19-20,23-24H2,1-2H3,(H,37,39)(H,40,42)(H,41,43). The summed E-state index contributed by atoms with van der Waals surface area (Å²) in [6.07, 6.45) is 11.0. The molecule has 5 rings (SSSR count). The predicted molar refractivity (Wildman–Crippen MR) is 177 cm³/mol. The van der Waals surface area contributed by atoms with Crippen LogP contribution >= 0.6 is 0 Å². The molecule has 45 heavy (non-hydrogen) atoms. The van der Waals surface area contributed by atoms with E-state index >= 15 is 0 Å². The molecule has 4 aromatic rings. The first-order chi connectivity index (χ1) is 22.1. The maximum atomic E-state index is 13.9. The Hall–Kier alpha value is -4.73. The van der Waals surface area contributed by atoms with Crippen LogP contribution in [0.3, 0.4) is 0 Å². The number of anilines is 1. The lowest BCUT2D eigenvalue weighted by Crippen LogP contribution is -2.47. The van der Waals surface area contributed by atoms with Gasteiger partial charge in [0.1, 0.15) is 11.7 Å². The smallest absolute Gasteiger partial charge is 0.407 e. The van der Waals surface area contributed by atoms with Crippen molar-refractivity contribution >= 4 is 28.7 Å². The number of nitrogens with one attached hydrogen (secondary N) is 4. The fraction of sp³-hybridized carbons (Fsp3) is 0.306. The van der Waals surface area contributed by atoms with Crippen molar-refractivity contribution in [2.75, 3.05) is 25.6 Å². The highest BCUT2D eigenvalue weighted by atomic mass is 16.5. The maximum absolute atomic E-state index is 13.9. The Morgan fingerprint density at radius 2 is 1.91 bits per heavy atom. The van der Waals surface area contributed by atoms with E-state index in [1.165, 1.54) is 7.11 Å². The van der Waals surface area contributed by atoms with E-state index < -0.39 is 12.1 Å². The number of nitrogens with zero attached hydrogens (tertiary/aromatic N) is 1. The van der Waals surface area contributed by atoms with Crippen molar-refractivity contribution in [3.8, 4) is 0 Å². The number of para-hydroxylation sites is 1. The van der Waals surface area contributed by atoms with E-state index in [4.69, 9.17) is 9.47 Å². The van der Waals surface area contributed by atoms with Crippen molar-refractivity contribution < 1.29 is 19.1 Å². The Labute approximate surface area is 264 Å². The molecule has 1 aliphatic heterocycles. The fourth-order valence-corrected chi connectivity index (χ4v) is 5.68. The molecule has 9 heteroatoms. The second-order valence-corrected chi connectivity index (χ2v) is 11.1. The molecule has 0 radical (unpaired) electrons. The second-order valence-electron chi connectivity index (χ2n) is 11.1. The van der Waals surface area contributed by atoms with Gasteiger partial charge in [-0.15, -0.1) is 0 Å². The van der Waals surface area contributed by atoms with Crippen LogP contribution in [0.1, 0.15) is 48.5 Å². The molecule has 3 heterocycles. The Morgan fingerprint density at radius 3 is 2.67 bits per heavy atom. The van der Waals surface area contributed by atoms with E-state index in [1.807, 2.05) is 98.0 Å². The van der Waals surface area contributed by atoms with Gasteiger partial charge < -0.3 is 30.4 Å². The zero-order valence-corrected chi connectivity index (χ0v) is 25.7. The third-order valence-corrected chi connectivity index (χ3v) is 8.09. The van der Waals surface area contributed by atoms with Gasteiger partial charge in [0.05, 0.1) is 25.9 Å². The number of alkyl carbamates (subject to hydrolysis) is 1. The highest BCUT2D eigenvalue weighted by Gasteiger charge is 2.31. The number of aromatic nitrogens is 2. The van der Waals surface area contributed by atoms with Crippen molar-refractivity contribution in [2.24, 2.45) is 0 Å². The van der Waals surface area contributed by atoms with E-state index in [0.717, 1.165) is 34.3 Å². The van der Waals surface area contributed by atoms with Crippen molar-refractivity contribution in [2.45, 2.75) is 50.3 Å². The highest BCUT2D eigenvalue weighted by molar-refractivity contribution is 5.98. The monoisotopic (exact) mass is 607 g/mol. The van der Waals surface area contributed by atoms with Gasteiger partial charge in [0.2, 0.25) is 5.91 Å². The van der Waals surface area contributed by atoms with E-state index in [0.29, 0.717) is 31.7 Å². The third kappa shape index (κ3) is 8.47. The number of carbonyl (C=O) groups excluding carboxylic acids is 2. The number of aromatic amines is 1. The lowest BCUT2D eigenvalue weighted by Gasteiger charge is -2.30. The number of fused-ring (bicyclic) bond motifs is 1. The molecule has 4 unspecified atom stereocenters. The van der Waals surface area contributed by atoms with Gasteiger partial charge in [0, 0.05) is 35.4 Å². The number of allylic oxidation sites excluding steroid dienone is 4. The van der Waals surface area contributed by atoms with Gasteiger partial charge in [-0.3, -0.25) is 4.79 Å². The molecule has 0 spiro atoms. The van der Waals surface area contributed by atoms with Crippen LogP contribution in [0, 0.1) is 0 Å². The largest absolute Gasteiger partial charge is 0.453 e. The van der Waals surface area contributed by atoms with Crippen LogP contribution in [0.5, 0.6) is 0 Å². The van der Waals surface area contributed by atoms with E-state index in [-0.39, 0.29) is 24.0 Å². The number of benzene rings is 2. The number of morpholine rings is 1. The maximum Gasteiger partial charge on any atom is 0.407 e. The predicted octanol–water partition coefficient (Wildman–Crippen LogP) is 6.19. The number of aryl methyl sites for hydroxylation is 1. The molecule has 1 saturated heterocycles. The van der Waals surface area contributed by atoms with Gasteiger partial charge in [-0.25, -0.2) is 9.78 Å². The summed E-state index contributed by atoms with van der Waals surface area (Å²) < 4.78 is 11.2. The molecule has 4 atom stereocenters. The number of pyridine rings is 1. The summed E-state index contributed by atoms with van der Waals surface area (Å²) in [5.41, 5.74) is 4.59. The van der Waals surface area contributed by atoms with E-state index in [2.05, 4.69) is 32.0 Å². The molecular weight excluding hydrogens is 566 g/mol. The minimum Gasteiger partial charge on any atom is -0.453 e. The van der Waals surface area contributed by atoms with Crippen molar-refractivity contribution in [3.05, 3.63) is 120 Å². The topological polar surface area (TPSA) is 117 Å². The van der Waals surface area contributed by atoms with Crippen molar-refractivity contribution in [1.29, 1.82) is 0 Å². The number of rotatable bonds is 12. The SMILES string of the molecule is CC=CC=CCC(c1ccccc1)C(NC(=O)OC)C(=O)Nc1ccccc1CCC1CNC(c2cc3cccnc3[nH]2)CO1. The number of amides is 2. The van der Waals surface area contributed by atoms with Crippen molar-refractivity contribution in [1.82, 2.24) is 20.6 Å². The first kappa shape index (κ1) is 31.7. The Kier molecular flexibility index (Phi) is 11.1. The molecule has 0 saturated carbocycles. The average Bonchev–Trinajstić information content (AvgIpc) is 3.52. The Balaban J connectivity index is 1.25. The zero-order valence-electron chi connectivity index (χ0n) is 25.7. The second kappa shape index (κ2) is 15.8. The highest BCUT2D eigenvalue weighted by Crippen LogP contribution is 2.28. The number of H-pyrrole nitrogens is 1. The van der Waals surface area contributed by atoms with Gasteiger partial charge in [-0.1, -0.05) is 72.8 Å². The Morgan fingerprint density at radius 1 is 1.09 bits per heavy atom. The summed E-state index contributed by atoms with van der Waals surface area (Å²) in [6.45, 7) is 3.22. The first-order valence-corrected chi connectivity index (χ1v) is 15.4. The van der Waals surface area contributed by atoms with Gasteiger partial charge >= 0.3 is 6.09 Å². The van der Waals surface area contributed by atoms with E-state index in [9.17, 15) is 9.59 Å². The number of hydrogen-bond donors (Lipinski definition) is 4. The molecule has 4 N–H and O–H groups in total. The van der Waals surface area contributed by atoms with Crippen LogP contribution < -0.4 is 16.0 Å². The fourth-order valence-electron chi connectivity index (χ4n) is 5.68. The van der Waals surface area contributed by atoms with Crippen molar-refractivity contribution in [3.63, 3.8) is 0 Å². The summed E-state index contributed by atoms with van der Waals surface area (Å²) >= 11 is 0. The minimum absolute atomic E-state index is 0.0349. The van der Waals surface area contributed by atoms with Crippen LogP contribution in [-0.2, 0) is 20.7 Å². The Bertz CT molecular complexity index is 1580. The third-order valence-electron chi connectivity index (χ3n) is 8.09. The van der Waals surface area contributed by atoms with Crippen LogP contribution in [0.4, 0.5) is 10.5 Å². The number of hydrogen-bond acceptors (Lipinski definition) is 6. The van der Waals surface area contributed by atoms with Gasteiger partial charge in [-0.05, 0) is 61.6 Å². The minimum atomic E-state index is -0.870. The summed E-state index contributed by atoms with van der Waals surface area (Å²) in [5, 5.41) is 10.6. The zero-order chi connectivity index (χ0) is 31.4.